The van der Waals surface area contributed by atoms with E-state index in [1.54, 1.807) is 31.2 Å². The van der Waals surface area contributed by atoms with Crippen LogP contribution in [0.25, 0.3) is 10.9 Å². The summed E-state index contributed by atoms with van der Waals surface area (Å²) in [5, 5.41) is 12.4. The van der Waals surface area contributed by atoms with Crippen LogP contribution in [0, 0.1) is 11.8 Å². The first kappa shape index (κ1) is 19.6. The molecule has 140 valence electrons. The van der Waals surface area contributed by atoms with Crippen molar-refractivity contribution in [2.24, 2.45) is 11.8 Å². The molecule has 3 unspecified atom stereocenters. The summed E-state index contributed by atoms with van der Waals surface area (Å²) in [6.45, 7) is 7.26. The molecule has 1 aromatic carbocycles. The molecule has 0 aliphatic carbocycles. The Balaban J connectivity index is 2.43. The van der Waals surface area contributed by atoms with Crippen LogP contribution in [-0.2, 0) is 9.59 Å². The van der Waals surface area contributed by atoms with E-state index in [1.807, 2.05) is 20.8 Å². The second-order valence-corrected chi connectivity index (χ2v) is 6.87. The molecule has 0 spiro atoms. The van der Waals surface area contributed by atoms with Gasteiger partial charge in [-0.1, -0.05) is 46.2 Å². The molecule has 2 N–H and O–H groups in total. The number of aromatic nitrogens is 2. The highest BCUT2D eigenvalue weighted by molar-refractivity contribution is 5.86. The quantitative estimate of drug-likeness (QED) is 0.789. The summed E-state index contributed by atoms with van der Waals surface area (Å²) in [6, 6.07) is 5.08. The van der Waals surface area contributed by atoms with Crippen molar-refractivity contribution < 1.29 is 14.7 Å². The zero-order chi connectivity index (χ0) is 19.4. The van der Waals surface area contributed by atoms with Crippen molar-refractivity contribution in [3.05, 3.63) is 40.9 Å². The van der Waals surface area contributed by atoms with E-state index in [9.17, 15) is 19.5 Å². The van der Waals surface area contributed by atoms with Gasteiger partial charge in [0.2, 0.25) is 5.91 Å². The number of rotatable bonds is 7. The lowest BCUT2D eigenvalue weighted by Gasteiger charge is -2.26. The monoisotopic (exact) mass is 359 g/mol. The van der Waals surface area contributed by atoms with Crippen LogP contribution in [0.15, 0.2) is 35.4 Å². The molecular weight excluding hydrogens is 334 g/mol. The number of aliphatic carboxylic acids is 1. The van der Waals surface area contributed by atoms with E-state index in [4.69, 9.17) is 0 Å². The Labute approximate surface area is 152 Å². The summed E-state index contributed by atoms with van der Waals surface area (Å²) < 4.78 is 1.29. The smallest absolute Gasteiger partial charge is 0.326 e. The number of nitrogens with zero attached hydrogens (tertiary/aromatic N) is 2. The van der Waals surface area contributed by atoms with Crippen LogP contribution in [0.4, 0.5) is 0 Å². The molecule has 0 aliphatic heterocycles. The van der Waals surface area contributed by atoms with Gasteiger partial charge in [-0.15, -0.1) is 0 Å². The maximum absolute atomic E-state index is 12.8. The van der Waals surface area contributed by atoms with Crippen molar-refractivity contribution >= 4 is 22.8 Å². The summed E-state index contributed by atoms with van der Waals surface area (Å²) >= 11 is 0. The molecule has 2 aromatic rings. The van der Waals surface area contributed by atoms with Gasteiger partial charge < -0.3 is 10.4 Å². The van der Waals surface area contributed by atoms with Gasteiger partial charge >= 0.3 is 5.97 Å². The summed E-state index contributed by atoms with van der Waals surface area (Å²) in [6.07, 6.45) is 1.97. The highest BCUT2D eigenvalue weighted by Crippen LogP contribution is 2.19. The Morgan fingerprint density at radius 2 is 1.88 bits per heavy atom. The van der Waals surface area contributed by atoms with Crippen LogP contribution < -0.4 is 10.9 Å². The number of hydrogen-bond donors (Lipinski definition) is 2. The number of carbonyl (C=O) groups is 2. The first-order valence-electron chi connectivity index (χ1n) is 8.77. The van der Waals surface area contributed by atoms with E-state index < -0.39 is 24.0 Å². The zero-order valence-corrected chi connectivity index (χ0v) is 15.5. The minimum Gasteiger partial charge on any atom is -0.480 e. The van der Waals surface area contributed by atoms with Crippen LogP contribution in [0.2, 0.25) is 0 Å². The van der Waals surface area contributed by atoms with Gasteiger partial charge in [-0.3, -0.25) is 14.2 Å². The Hall–Kier alpha value is -2.70. The minimum atomic E-state index is -1.08. The second-order valence-electron chi connectivity index (χ2n) is 6.87. The normalized spacial score (nSPS) is 14.8. The molecule has 3 atom stereocenters. The van der Waals surface area contributed by atoms with Crippen LogP contribution in [0.5, 0.6) is 0 Å². The molecule has 26 heavy (non-hydrogen) atoms. The standard InChI is InChI=1S/C19H25N3O4/c1-5-12(4)15(19(25)26)21-17(23)16(11(2)3)22-10-20-14-9-7-6-8-13(14)18(22)24/h6-12,15-16H,5H2,1-4H3,(H,21,23)(H,25,26). The maximum atomic E-state index is 12.8. The van der Waals surface area contributed by atoms with Gasteiger partial charge in [0.15, 0.2) is 0 Å². The van der Waals surface area contributed by atoms with Crippen LogP contribution in [0.3, 0.4) is 0 Å². The molecule has 7 heteroatoms. The van der Waals surface area contributed by atoms with Crippen LogP contribution in [-0.4, -0.2) is 32.6 Å². The fourth-order valence-corrected chi connectivity index (χ4v) is 2.95. The van der Waals surface area contributed by atoms with E-state index in [-0.39, 0.29) is 17.4 Å². The van der Waals surface area contributed by atoms with Crippen molar-refractivity contribution in [2.45, 2.75) is 46.2 Å². The predicted octanol–water partition coefficient (Wildman–Crippen LogP) is 2.21. The molecule has 0 radical (unpaired) electrons. The number of carbonyl (C=O) groups excluding carboxylic acids is 1. The van der Waals surface area contributed by atoms with E-state index in [1.165, 1.54) is 10.9 Å². The Kier molecular flexibility index (Phi) is 6.13. The predicted molar refractivity (Wildman–Crippen MR) is 98.9 cm³/mol. The third-order valence-electron chi connectivity index (χ3n) is 4.67. The van der Waals surface area contributed by atoms with Gasteiger partial charge in [-0.05, 0) is 24.0 Å². The number of benzene rings is 1. The highest BCUT2D eigenvalue weighted by Gasteiger charge is 2.31. The number of hydrogen-bond acceptors (Lipinski definition) is 4. The number of carboxylic acids is 1. The van der Waals surface area contributed by atoms with Gasteiger partial charge in [0.05, 0.1) is 17.2 Å². The zero-order valence-electron chi connectivity index (χ0n) is 15.5. The number of fused-ring (bicyclic) bond motifs is 1. The fraction of sp³-hybridized carbons (Fsp3) is 0.474. The first-order valence-corrected chi connectivity index (χ1v) is 8.77. The SMILES string of the molecule is CCC(C)C(NC(=O)C(C(C)C)n1cnc2ccccc2c1=O)C(=O)O. The fourth-order valence-electron chi connectivity index (χ4n) is 2.95. The molecule has 0 saturated heterocycles. The van der Waals surface area contributed by atoms with Gasteiger partial charge in [-0.25, -0.2) is 9.78 Å². The maximum Gasteiger partial charge on any atom is 0.326 e. The molecule has 0 saturated carbocycles. The molecule has 0 fully saturated rings. The van der Waals surface area contributed by atoms with Crippen LogP contribution in [0.1, 0.15) is 40.2 Å². The van der Waals surface area contributed by atoms with Gasteiger partial charge in [0.1, 0.15) is 12.1 Å². The van der Waals surface area contributed by atoms with Crippen molar-refractivity contribution in [3.8, 4) is 0 Å². The minimum absolute atomic E-state index is 0.220. The van der Waals surface area contributed by atoms with E-state index in [2.05, 4.69) is 10.3 Å². The van der Waals surface area contributed by atoms with Gasteiger partial charge in [-0.2, -0.15) is 0 Å². The third kappa shape index (κ3) is 3.92. The number of para-hydroxylation sites is 1. The Morgan fingerprint density at radius 1 is 1.23 bits per heavy atom. The number of carboxylic acid groups (broad SMARTS) is 1. The molecule has 1 amide bonds. The van der Waals surface area contributed by atoms with E-state index >= 15 is 0 Å². The Morgan fingerprint density at radius 3 is 2.46 bits per heavy atom. The highest BCUT2D eigenvalue weighted by atomic mass is 16.4. The Bertz CT molecular complexity index is 859. The van der Waals surface area contributed by atoms with Gasteiger partial charge in [0.25, 0.3) is 5.56 Å². The molecule has 7 nitrogen and oxygen atoms in total. The second kappa shape index (κ2) is 8.12. The summed E-state index contributed by atoms with van der Waals surface area (Å²) in [7, 11) is 0. The summed E-state index contributed by atoms with van der Waals surface area (Å²) in [5.74, 6) is -2.02. The van der Waals surface area contributed by atoms with Crippen molar-refractivity contribution in [1.82, 2.24) is 14.9 Å². The van der Waals surface area contributed by atoms with Crippen molar-refractivity contribution in [3.63, 3.8) is 0 Å². The topological polar surface area (TPSA) is 101 Å². The molecule has 2 rings (SSSR count). The van der Waals surface area contributed by atoms with Crippen molar-refractivity contribution in [1.29, 1.82) is 0 Å². The molecular formula is C19H25N3O4. The van der Waals surface area contributed by atoms with E-state index in [0.717, 1.165) is 0 Å². The number of amides is 1. The average molecular weight is 359 g/mol. The first-order chi connectivity index (χ1) is 12.3. The largest absolute Gasteiger partial charge is 0.480 e. The van der Waals surface area contributed by atoms with E-state index in [0.29, 0.717) is 17.3 Å². The van der Waals surface area contributed by atoms with Crippen LogP contribution >= 0.6 is 0 Å². The average Bonchev–Trinajstić information content (AvgIpc) is 2.61. The summed E-state index contributed by atoms with van der Waals surface area (Å²) in [4.78, 5) is 41.4. The number of nitrogens with one attached hydrogen (secondary N) is 1. The molecule has 0 aliphatic rings. The summed E-state index contributed by atoms with van der Waals surface area (Å²) in [5.41, 5.74) is 0.236. The third-order valence-corrected chi connectivity index (χ3v) is 4.67. The lowest BCUT2D eigenvalue weighted by molar-refractivity contribution is -0.144. The molecule has 0 bridgehead atoms. The van der Waals surface area contributed by atoms with Crippen molar-refractivity contribution in [2.75, 3.05) is 0 Å². The van der Waals surface area contributed by atoms with Gasteiger partial charge in [0, 0.05) is 0 Å². The molecule has 1 heterocycles. The molecule has 1 aromatic heterocycles. The lowest BCUT2D eigenvalue weighted by atomic mass is 9.97. The lowest BCUT2D eigenvalue weighted by Crippen LogP contribution is -2.49.